The van der Waals surface area contributed by atoms with E-state index >= 15 is 0 Å². The van der Waals surface area contributed by atoms with E-state index < -0.39 is 5.54 Å². The summed E-state index contributed by atoms with van der Waals surface area (Å²) in [6.07, 6.45) is 2.08. The topological polar surface area (TPSA) is 81.6 Å². The van der Waals surface area contributed by atoms with Gasteiger partial charge in [0.1, 0.15) is 5.54 Å². The van der Waals surface area contributed by atoms with Crippen molar-refractivity contribution < 1.29 is 0 Å². The molecule has 0 radical (unpaired) electrons. The number of nitriles is 1. The molecule has 1 atom stereocenters. The first kappa shape index (κ1) is 15.3. The van der Waals surface area contributed by atoms with Crippen LogP contribution in [0.15, 0.2) is 52.5 Å². The zero-order valence-electron chi connectivity index (χ0n) is 11.7. The average molecular weight is 300 g/mol. The highest BCUT2D eigenvalue weighted by Gasteiger charge is 2.29. The number of aromatic amines is 1. The second-order valence-electron chi connectivity index (χ2n) is 4.47. The molecule has 0 aliphatic heterocycles. The van der Waals surface area contributed by atoms with Gasteiger partial charge in [-0.15, -0.1) is 0 Å². The molecular weight excluding hydrogens is 284 g/mol. The van der Waals surface area contributed by atoms with Crippen molar-refractivity contribution in [3.05, 3.63) is 58.5 Å². The molecule has 108 valence electrons. The first-order valence-corrected chi connectivity index (χ1v) is 7.52. The summed E-state index contributed by atoms with van der Waals surface area (Å²) in [6.45, 7) is 0. The van der Waals surface area contributed by atoms with Gasteiger partial charge < -0.3 is 4.98 Å². The van der Waals surface area contributed by atoms with Crippen LogP contribution in [0.25, 0.3) is 0 Å². The van der Waals surface area contributed by atoms with Crippen LogP contribution in [0.5, 0.6) is 0 Å². The summed E-state index contributed by atoms with van der Waals surface area (Å²) in [6, 6.07) is 13.4. The summed E-state index contributed by atoms with van der Waals surface area (Å²) < 4.78 is 0. The van der Waals surface area contributed by atoms with Crippen LogP contribution in [0.2, 0.25) is 0 Å². The molecule has 5 nitrogen and oxygen atoms in total. The third kappa shape index (κ3) is 3.72. The van der Waals surface area contributed by atoms with Crippen LogP contribution in [-0.4, -0.2) is 22.8 Å². The van der Waals surface area contributed by atoms with Gasteiger partial charge in [-0.3, -0.25) is 10.1 Å². The molecule has 1 aromatic heterocycles. The minimum atomic E-state index is -0.733. The molecule has 0 fully saturated rings. The lowest BCUT2D eigenvalue weighted by Crippen LogP contribution is -2.39. The van der Waals surface area contributed by atoms with E-state index in [-0.39, 0.29) is 5.56 Å². The molecule has 0 saturated heterocycles. The van der Waals surface area contributed by atoms with E-state index in [9.17, 15) is 10.1 Å². The van der Waals surface area contributed by atoms with Gasteiger partial charge in [0.05, 0.1) is 6.07 Å². The van der Waals surface area contributed by atoms with Gasteiger partial charge >= 0.3 is 0 Å². The van der Waals surface area contributed by atoms with Crippen LogP contribution in [0.4, 0.5) is 0 Å². The van der Waals surface area contributed by atoms with Crippen molar-refractivity contribution in [3.8, 4) is 6.07 Å². The largest absolute Gasteiger partial charge is 0.301 e. The maximum Gasteiger partial charge on any atom is 0.251 e. The minimum absolute atomic E-state index is 0.171. The number of hydrogen-bond donors (Lipinski definition) is 2. The smallest absolute Gasteiger partial charge is 0.251 e. The van der Waals surface area contributed by atoms with E-state index in [0.717, 1.165) is 5.56 Å². The van der Waals surface area contributed by atoms with Gasteiger partial charge in [0.2, 0.25) is 0 Å². The Bertz CT molecular complexity index is 680. The Labute approximate surface area is 127 Å². The van der Waals surface area contributed by atoms with Crippen molar-refractivity contribution >= 4 is 11.8 Å². The lowest BCUT2D eigenvalue weighted by molar-refractivity contribution is 0.456. The van der Waals surface area contributed by atoms with Crippen molar-refractivity contribution in [2.75, 3.05) is 12.8 Å². The second kappa shape index (κ2) is 7.07. The molecule has 2 rings (SSSR count). The summed E-state index contributed by atoms with van der Waals surface area (Å²) in [5, 5.41) is 13.3. The zero-order valence-corrected chi connectivity index (χ0v) is 12.5. The van der Waals surface area contributed by atoms with Gasteiger partial charge in [-0.1, -0.05) is 42.1 Å². The van der Waals surface area contributed by atoms with Gasteiger partial charge in [-0.25, -0.2) is 4.98 Å². The summed E-state index contributed by atoms with van der Waals surface area (Å²) in [4.78, 5) is 18.0. The molecule has 0 aliphatic rings. The Morgan fingerprint density at radius 2 is 2.14 bits per heavy atom. The Morgan fingerprint density at radius 3 is 2.76 bits per heavy atom. The highest BCUT2D eigenvalue weighted by molar-refractivity contribution is 7.99. The maximum atomic E-state index is 11.2. The fourth-order valence-corrected chi connectivity index (χ4v) is 2.95. The molecule has 21 heavy (non-hydrogen) atoms. The summed E-state index contributed by atoms with van der Waals surface area (Å²) in [7, 11) is 1.78. The minimum Gasteiger partial charge on any atom is -0.301 e. The van der Waals surface area contributed by atoms with Gasteiger partial charge in [0.25, 0.3) is 5.56 Å². The molecule has 0 bridgehead atoms. The third-order valence-electron chi connectivity index (χ3n) is 3.25. The molecule has 0 spiro atoms. The first-order chi connectivity index (χ1) is 10.2. The van der Waals surface area contributed by atoms with Crippen molar-refractivity contribution in [2.24, 2.45) is 0 Å². The molecule has 0 amide bonds. The van der Waals surface area contributed by atoms with E-state index in [1.54, 1.807) is 7.05 Å². The molecule has 1 aromatic carbocycles. The standard InChI is InChI=1S/C15H16N4OS/c1-17-15(11-16,12-5-3-2-4-6-12)8-10-21-14-18-9-7-13(20)19-14/h2-7,9,17H,8,10H2,1H3,(H,18,19,20). The molecule has 0 aliphatic carbocycles. The van der Waals surface area contributed by atoms with E-state index in [1.807, 2.05) is 30.3 Å². The number of aromatic nitrogens is 2. The number of nitrogens with one attached hydrogen (secondary N) is 2. The SMILES string of the molecule is CNC(C#N)(CCSc1nccc(=O)[nH]1)c1ccccc1. The van der Waals surface area contributed by atoms with Gasteiger partial charge in [-0.2, -0.15) is 5.26 Å². The third-order valence-corrected chi connectivity index (χ3v) is 4.14. The number of hydrogen-bond acceptors (Lipinski definition) is 5. The maximum absolute atomic E-state index is 11.2. The molecule has 1 heterocycles. The highest BCUT2D eigenvalue weighted by Crippen LogP contribution is 2.27. The number of nitrogens with zero attached hydrogens (tertiary/aromatic N) is 2. The van der Waals surface area contributed by atoms with Crippen molar-refractivity contribution in [2.45, 2.75) is 17.1 Å². The normalized spacial score (nSPS) is 13.3. The zero-order chi connectivity index (χ0) is 15.1. The van der Waals surface area contributed by atoms with Crippen molar-refractivity contribution in [1.82, 2.24) is 15.3 Å². The average Bonchev–Trinajstić information content (AvgIpc) is 2.53. The monoisotopic (exact) mass is 300 g/mol. The lowest BCUT2D eigenvalue weighted by atomic mass is 9.89. The Morgan fingerprint density at radius 1 is 1.38 bits per heavy atom. The number of rotatable bonds is 6. The molecular formula is C15H16N4OS. The second-order valence-corrected chi connectivity index (χ2v) is 5.55. The van der Waals surface area contributed by atoms with Crippen LogP contribution in [0.3, 0.4) is 0 Å². The Hall–Kier alpha value is -2.10. The number of benzene rings is 1. The molecule has 0 saturated carbocycles. The van der Waals surface area contributed by atoms with Crippen LogP contribution in [-0.2, 0) is 5.54 Å². The van der Waals surface area contributed by atoms with Gasteiger partial charge in [0.15, 0.2) is 5.16 Å². The van der Waals surface area contributed by atoms with Gasteiger partial charge in [0, 0.05) is 18.0 Å². The quantitative estimate of drug-likeness (QED) is 0.629. The molecule has 2 N–H and O–H groups in total. The first-order valence-electron chi connectivity index (χ1n) is 6.54. The van der Waals surface area contributed by atoms with E-state index in [0.29, 0.717) is 17.3 Å². The molecule has 2 aromatic rings. The number of thioether (sulfide) groups is 1. The van der Waals surface area contributed by atoms with Crippen LogP contribution in [0.1, 0.15) is 12.0 Å². The summed E-state index contributed by atoms with van der Waals surface area (Å²) in [5.74, 6) is 0.663. The highest BCUT2D eigenvalue weighted by atomic mass is 32.2. The van der Waals surface area contributed by atoms with Crippen molar-refractivity contribution in [3.63, 3.8) is 0 Å². The van der Waals surface area contributed by atoms with E-state index in [4.69, 9.17) is 0 Å². The fourth-order valence-electron chi connectivity index (χ4n) is 2.04. The summed E-state index contributed by atoms with van der Waals surface area (Å²) in [5.41, 5.74) is 0.0319. The predicted octanol–water partition coefficient (Wildman–Crippen LogP) is 1.89. The van der Waals surface area contributed by atoms with Crippen molar-refractivity contribution in [1.29, 1.82) is 5.26 Å². The van der Waals surface area contributed by atoms with Gasteiger partial charge in [-0.05, 0) is 19.0 Å². The Kier molecular flexibility index (Phi) is 5.14. The van der Waals surface area contributed by atoms with Crippen LogP contribution in [0, 0.1) is 11.3 Å². The van der Waals surface area contributed by atoms with E-state index in [2.05, 4.69) is 21.4 Å². The summed E-state index contributed by atoms with van der Waals surface area (Å²) >= 11 is 1.43. The molecule has 6 heteroatoms. The predicted molar refractivity (Wildman–Crippen MR) is 83.0 cm³/mol. The lowest BCUT2D eigenvalue weighted by Gasteiger charge is -2.26. The molecule has 1 unspecified atom stereocenters. The number of H-pyrrole nitrogens is 1. The van der Waals surface area contributed by atoms with E-state index in [1.165, 1.54) is 24.0 Å². The van der Waals surface area contributed by atoms with Crippen LogP contribution < -0.4 is 10.9 Å². The van der Waals surface area contributed by atoms with Crippen LogP contribution >= 0.6 is 11.8 Å². The fraction of sp³-hybridized carbons (Fsp3) is 0.267. The Balaban J connectivity index is 2.08.